The Morgan fingerprint density at radius 2 is 1.12 bits per heavy atom. The van der Waals surface area contributed by atoms with Crippen molar-refractivity contribution in [3.63, 3.8) is 0 Å². The van der Waals surface area contributed by atoms with Crippen molar-refractivity contribution in [1.29, 1.82) is 0 Å². The molecule has 26 heavy (non-hydrogen) atoms. The van der Waals surface area contributed by atoms with Crippen LogP contribution in [0.1, 0.15) is 0 Å². The number of carbonyl (C=O) groups is 2. The maximum atomic E-state index is 12.4. The molecule has 2 atom stereocenters. The van der Waals surface area contributed by atoms with Crippen LogP contribution in [0.2, 0.25) is 0 Å². The lowest BCUT2D eigenvalue weighted by Crippen LogP contribution is -2.20. The van der Waals surface area contributed by atoms with E-state index in [0.29, 0.717) is 28.4 Å². The summed E-state index contributed by atoms with van der Waals surface area (Å²) >= 11 is 0. The largest absolute Gasteiger partial charge is 0.497 e. The van der Waals surface area contributed by atoms with Crippen molar-refractivity contribution in [3.05, 3.63) is 60.7 Å². The molecule has 6 heteroatoms. The molecule has 2 aromatic rings. The minimum Gasteiger partial charge on any atom is -0.497 e. The first kappa shape index (κ1) is 17.5. The van der Waals surface area contributed by atoms with E-state index in [1.54, 1.807) is 62.8 Å². The predicted molar refractivity (Wildman–Crippen MR) is 99.4 cm³/mol. The standard InChI is InChI=1S/C20H20N2O4/c1-12-17(19(23)21-13-4-8-15(25-2)9-5-13)18(12)20(24)22-14-6-10-16(26-3)11-7-14/h4-11,17-18H,1H2,2-3H3,(H,21,23)(H,22,24)/t17-,18+. The van der Waals surface area contributed by atoms with E-state index in [2.05, 4.69) is 17.2 Å². The third kappa shape index (κ3) is 3.69. The van der Waals surface area contributed by atoms with Crippen molar-refractivity contribution < 1.29 is 19.1 Å². The highest BCUT2D eigenvalue weighted by Crippen LogP contribution is 2.45. The number of carbonyl (C=O) groups excluding carboxylic acids is 2. The maximum absolute atomic E-state index is 12.4. The first-order valence-corrected chi connectivity index (χ1v) is 8.12. The van der Waals surface area contributed by atoms with Crippen LogP contribution in [0.4, 0.5) is 11.4 Å². The molecule has 6 nitrogen and oxygen atoms in total. The van der Waals surface area contributed by atoms with Crippen LogP contribution < -0.4 is 20.1 Å². The maximum Gasteiger partial charge on any atom is 0.232 e. The number of hydrogen-bond donors (Lipinski definition) is 2. The van der Waals surface area contributed by atoms with Gasteiger partial charge in [-0.25, -0.2) is 0 Å². The third-order valence-electron chi connectivity index (χ3n) is 4.30. The van der Waals surface area contributed by atoms with Crippen molar-refractivity contribution in [2.45, 2.75) is 0 Å². The van der Waals surface area contributed by atoms with Gasteiger partial charge in [0.15, 0.2) is 0 Å². The number of anilines is 2. The van der Waals surface area contributed by atoms with E-state index in [1.807, 2.05) is 0 Å². The van der Waals surface area contributed by atoms with E-state index in [-0.39, 0.29) is 11.8 Å². The van der Waals surface area contributed by atoms with Gasteiger partial charge in [-0.2, -0.15) is 0 Å². The van der Waals surface area contributed by atoms with E-state index in [4.69, 9.17) is 9.47 Å². The van der Waals surface area contributed by atoms with Gasteiger partial charge >= 0.3 is 0 Å². The zero-order valence-electron chi connectivity index (χ0n) is 14.6. The van der Waals surface area contributed by atoms with Crippen molar-refractivity contribution in [3.8, 4) is 11.5 Å². The smallest absolute Gasteiger partial charge is 0.232 e. The van der Waals surface area contributed by atoms with Gasteiger partial charge in [0.25, 0.3) is 0 Å². The number of ether oxygens (including phenoxy) is 2. The zero-order chi connectivity index (χ0) is 18.7. The molecule has 0 aliphatic heterocycles. The summed E-state index contributed by atoms with van der Waals surface area (Å²) < 4.78 is 10.2. The predicted octanol–water partition coefficient (Wildman–Crippen LogP) is 3.08. The molecule has 0 unspecified atom stereocenters. The summed E-state index contributed by atoms with van der Waals surface area (Å²) in [7, 11) is 3.15. The first-order chi connectivity index (χ1) is 12.5. The van der Waals surface area contributed by atoms with E-state index in [9.17, 15) is 9.59 Å². The van der Waals surface area contributed by atoms with Crippen molar-refractivity contribution >= 4 is 23.2 Å². The highest BCUT2D eigenvalue weighted by atomic mass is 16.5. The molecular weight excluding hydrogens is 332 g/mol. The summed E-state index contributed by atoms with van der Waals surface area (Å²) in [6, 6.07) is 14.0. The summed E-state index contributed by atoms with van der Waals surface area (Å²) in [6.07, 6.45) is 0. The SMILES string of the molecule is C=C1[C@H](C(=O)Nc2ccc(OC)cc2)[C@@H]1C(=O)Nc1ccc(OC)cc1. The molecular formula is C20H20N2O4. The molecule has 134 valence electrons. The van der Waals surface area contributed by atoms with Gasteiger partial charge in [-0.05, 0) is 48.5 Å². The normalized spacial score (nSPS) is 18.0. The molecule has 3 rings (SSSR count). The second kappa shape index (κ2) is 7.31. The second-order valence-electron chi connectivity index (χ2n) is 5.97. The van der Waals surface area contributed by atoms with Crippen molar-refractivity contribution in [2.75, 3.05) is 24.9 Å². The molecule has 1 aliphatic rings. The lowest BCUT2D eigenvalue weighted by Gasteiger charge is -2.07. The summed E-state index contributed by atoms with van der Waals surface area (Å²) in [5.74, 6) is -0.109. The highest BCUT2D eigenvalue weighted by Gasteiger charge is 2.52. The van der Waals surface area contributed by atoms with Gasteiger partial charge in [-0.1, -0.05) is 12.2 Å². The molecule has 1 saturated carbocycles. The topological polar surface area (TPSA) is 76.7 Å². The Balaban J connectivity index is 1.58. The van der Waals surface area contributed by atoms with Crippen LogP contribution in [0.25, 0.3) is 0 Å². The van der Waals surface area contributed by atoms with Crippen LogP contribution in [0.15, 0.2) is 60.7 Å². The molecule has 1 aliphatic carbocycles. The molecule has 2 amide bonds. The summed E-state index contributed by atoms with van der Waals surface area (Å²) in [6.45, 7) is 3.85. The van der Waals surface area contributed by atoms with Crippen molar-refractivity contribution in [1.82, 2.24) is 0 Å². The number of amides is 2. The average Bonchev–Trinajstić information content (AvgIpc) is 3.34. The number of benzene rings is 2. The molecule has 0 spiro atoms. The minimum absolute atomic E-state index is 0.241. The Morgan fingerprint density at radius 3 is 1.42 bits per heavy atom. The van der Waals surface area contributed by atoms with E-state index in [1.165, 1.54) is 0 Å². The Bertz CT molecular complexity index is 758. The average molecular weight is 352 g/mol. The monoisotopic (exact) mass is 352 g/mol. The lowest BCUT2D eigenvalue weighted by atomic mass is 10.2. The second-order valence-corrected chi connectivity index (χ2v) is 5.97. The van der Waals surface area contributed by atoms with Gasteiger partial charge in [-0.15, -0.1) is 0 Å². The van der Waals surface area contributed by atoms with E-state index in [0.717, 1.165) is 0 Å². The van der Waals surface area contributed by atoms with Crippen LogP contribution in [0.5, 0.6) is 11.5 Å². The quantitative estimate of drug-likeness (QED) is 0.784. The molecule has 0 saturated heterocycles. The number of rotatable bonds is 6. The summed E-state index contributed by atoms with van der Waals surface area (Å²) in [5, 5.41) is 5.60. The Kier molecular flexibility index (Phi) is 4.93. The Hall–Kier alpha value is -3.28. The number of nitrogens with one attached hydrogen (secondary N) is 2. The molecule has 0 bridgehead atoms. The summed E-state index contributed by atoms with van der Waals surface area (Å²) in [5.41, 5.74) is 1.90. The number of hydrogen-bond acceptors (Lipinski definition) is 4. The molecule has 0 heterocycles. The number of methoxy groups -OCH3 is 2. The molecule has 0 radical (unpaired) electrons. The van der Waals surface area contributed by atoms with Gasteiger partial charge in [0.1, 0.15) is 11.5 Å². The molecule has 0 aromatic heterocycles. The molecule has 2 aromatic carbocycles. The van der Waals surface area contributed by atoms with Crippen LogP contribution in [-0.4, -0.2) is 26.0 Å². The van der Waals surface area contributed by atoms with Crippen LogP contribution in [0, 0.1) is 11.8 Å². The van der Waals surface area contributed by atoms with Gasteiger partial charge in [0.05, 0.1) is 26.1 Å². The highest BCUT2D eigenvalue weighted by molar-refractivity contribution is 6.08. The Labute approximate surface area is 151 Å². The fourth-order valence-electron chi connectivity index (χ4n) is 2.74. The van der Waals surface area contributed by atoms with Crippen LogP contribution in [0.3, 0.4) is 0 Å². The van der Waals surface area contributed by atoms with Gasteiger partial charge in [0.2, 0.25) is 11.8 Å². The lowest BCUT2D eigenvalue weighted by molar-refractivity contribution is -0.122. The zero-order valence-corrected chi connectivity index (χ0v) is 14.6. The Morgan fingerprint density at radius 1 is 0.769 bits per heavy atom. The minimum atomic E-state index is -0.518. The molecule has 2 N–H and O–H groups in total. The molecule has 1 fully saturated rings. The van der Waals surface area contributed by atoms with Crippen LogP contribution in [-0.2, 0) is 9.59 Å². The fraction of sp³-hybridized carbons (Fsp3) is 0.200. The fourth-order valence-corrected chi connectivity index (χ4v) is 2.74. The van der Waals surface area contributed by atoms with E-state index < -0.39 is 11.8 Å². The van der Waals surface area contributed by atoms with Gasteiger partial charge < -0.3 is 20.1 Å². The summed E-state index contributed by atoms with van der Waals surface area (Å²) in [4.78, 5) is 24.8. The first-order valence-electron chi connectivity index (χ1n) is 8.12. The third-order valence-corrected chi connectivity index (χ3v) is 4.30. The van der Waals surface area contributed by atoms with Crippen LogP contribution >= 0.6 is 0 Å². The van der Waals surface area contributed by atoms with Gasteiger partial charge in [-0.3, -0.25) is 9.59 Å². The van der Waals surface area contributed by atoms with Crippen molar-refractivity contribution in [2.24, 2.45) is 11.8 Å². The van der Waals surface area contributed by atoms with E-state index >= 15 is 0 Å². The van der Waals surface area contributed by atoms with Gasteiger partial charge in [0, 0.05) is 11.4 Å².